The average molecular weight is 287 g/mol. The predicted octanol–water partition coefficient (Wildman–Crippen LogP) is 3.14. The van der Waals surface area contributed by atoms with Gasteiger partial charge in [-0.05, 0) is 32.9 Å². The molecule has 1 atom stereocenters. The molecule has 1 aromatic heterocycles. The molecule has 1 saturated heterocycles. The number of piperidine rings is 1. The summed E-state index contributed by atoms with van der Waals surface area (Å²) in [7, 11) is 1.86. The minimum atomic E-state index is -4.07. The van der Waals surface area contributed by atoms with E-state index in [1.54, 1.807) is 6.20 Å². The van der Waals surface area contributed by atoms with Crippen LogP contribution in [0.3, 0.4) is 0 Å². The first-order chi connectivity index (χ1) is 9.43. The molecule has 0 radical (unpaired) electrons. The van der Waals surface area contributed by atoms with Gasteiger partial charge in [0.05, 0.1) is 5.92 Å². The van der Waals surface area contributed by atoms with Crippen LogP contribution in [0.5, 0.6) is 0 Å². The van der Waals surface area contributed by atoms with Crippen LogP contribution >= 0.6 is 0 Å². The lowest BCUT2D eigenvalue weighted by Crippen LogP contribution is -2.40. The fourth-order valence-electron chi connectivity index (χ4n) is 2.59. The van der Waals surface area contributed by atoms with Gasteiger partial charge in [-0.3, -0.25) is 0 Å². The summed E-state index contributed by atoms with van der Waals surface area (Å²) in [5.74, 6) is -0.373. The van der Waals surface area contributed by atoms with Gasteiger partial charge in [0.1, 0.15) is 5.82 Å². The van der Waals surface area contributed by atoms with Crippen molar-refractivity contribution in [3.8, 4) is 0 Å². The number of alkyl halides is 3. The number of nitrogens with one attached hydrogen (secondary N) is 1. The first kappa shape index (κ1) is 15.1. The second-order valence-corrected chi connectivity index (χ2v) is 5.23. The normalized spacial score (nSPS) is 19.1. The Morgan fingerprint density at radius 3 is 2.55 bits per heavy atom. The highest BCUT2D eigenvalue weighted by Gasteiger charge is 2.41. The first-order valence-corrected chi connectivity index (χ1v) is 6.87. The smallest absolute Gasteiger partial charge is 0.356 e. The molecule has 1 N–H and O–H groups in total. The summed E-state index contributed by atoms with van der Waals surface area (Å²) in [5.41, 5.74) is 1.03. The summed E-state index contributed by atoms with van der Waals surface area (Å²) < 4.78 is 38.1. The zero-order valence-corrected chi connectivity index (χ0v) is 11.7. The van der Waals surface area contributed by atoms with Gasteiger partial charge in [-0.15, -0.1) is 0 Å². The van der Waals surface area contributed by atoms with Crippen molar-refractivity contribution in [2.24, 2.45) is 5.92 Å². The molecule has 2 heterocycles. The molecule has 0 spiro atoms. The van der Waals surface area contributed by atoms with Gasteiger partial charge in [0, 0.05) is 30.9 Å². The number of aromatic nitrogens is 1. The fraction of sp³-hybridized carbons (Fsp3) is 0.643. The Balaban J connectivity index is 2.11. The van der Waals surface area contributed by atoms with Crippen LogP contribution in [0.1, 0.15) is 31.4 Å². The topological polar surface area (TPSA) is 28.2 Å². The van der Waals surface area contributed by atoms with E-state index in [0.29, 0.717) is 13.1 Å². The minimum Gasteiger partial charge on any atom is -0.356 e. The minimum absolute atomic E-state index is 0.124. The summed E-state index contributed by atoms with van der Waals surface area (Å²) in [4.78, 5) is 6.33. The van der Waals surface area contributed by atoms with E-state index in [9.17, 15) is 13.2 Å². The third-order valence-electron chi connectivity index (χ3n) is 3.97. The molecule has 0 aliphatic carbocycles. The van der Waals surface area contributed by atoms with Crippen molar-refractivity contribution in [3.63, 3.8) is 0 Å². The second kappa shape index (κ2) is 5.99. The van der Waals surface area contributed by atoms with Crippen LogP contribution in [-0.2, 0) is 0 Å². The average Bonchev–Trinajstić information content (AvgIpc) is 2.45. The Morgan fingerprint density at radius 2 is 2.00 bits per heavy atom. The largest absolute Gasteiger partial charge is 0.391 e. The van der Waals surface area contributed by atoms with Crippen LogP contribution in [0.2, 0.25) is 0 Å². The lowest BCUT2D eigenvalue weighted by Gasteiger charge is -2.35. The van der Waals surface area contributed by atoms with Gasteiger partial charge in [0.15, 0.2) is 0 Å². The SMILES string of the molecule is CNC(C)c1cccnc1N1CCC(C(F)(F)F)CC1. The molecule has 2 rings (SSSR count). The number of nitrogens with zero attached hydrogens (tertiary/aromatic N) is 2. The van der Waals surface area contributed by atoms with Crippen LogP contribution in [0, 0.1) is 5.92 Å². The standard InChI is InChI=1S/C14H20F3N3/c1-10(18-2)12-4-3-7-19-13(12)20-8-5-11(6-9-20)14(15,16)17/h3-4,7,10-11,18H,5-6,8-9H2,1-2H3. The van der Waals surface area contributed by atoms with Crippen molar-refractivity contribution in [2.45, 2.75) is 32.0 Å². The predicted molar refractivity (Wildman–Crippen MR) is 72.7 cm³/mol. The van der Waals surface area contributed by atoms with E-state index in [1.807, 2.05) is 31.0 Å². The van der Waals surface area contributed by atoms with Gasteiger partial charge in [0.25, 0.3) is 0 Å². The van der Waals surface area contributed by atoms with E-state index in [-0.39, 0.29) is 18.9 Å². The fourth-order valence-corrected chi connectivity index (χ4v) is 2.59. The second-order valence-electron chi connectivity index (χ2n) is 5.23. The quantitative estimate of drug-likeness (QED) is 0.925. The summed E-state index contributed by atoms with van der Waals surface area (Å²) >= 11 is 0. The molecule has 20 heavy (non-hydrogen) atoms. The molecule has 0 bridgehead atoms. The van der Waals surface area contributed by atoms with Gasteiger partial charge < -0.3 is 10.2 Å². The summed E-state index contributed by atoms with van der Waals surface area (Å²) in [6, 6.07) is 3.95. The van der Waals surface area contributed by atoms with Crippen LogP contribution < -0.4 is 10.2 Å². The highest BCUT2D eigenvalue weighted by molar-refractivity contribution is 5.48. The molecular formula is C14H20F3N3. The lowest BCUT2D eigenvalue weighted by molar-refractivity contribution is -0.179. The maximum atomic E-state index is 12.7. The van der Waals surface area contributed by atoms with Gasteiger partial charge in [0.2, 0.25) is 0 Å². The highest BCUT2D eigenvalue weighted by atomic mass is 19.4. The van der Waals surface area contributed by atoms with E-state index >= 15 is 0 Å². The number of pyridine rings is 1. The lowest BCUT2D eigenvalue weighted by atomic mass is 9.95. The molecule has 0 aromatic carbocycles. The zero-order valence-electron chi connectivity index (χ0n) is 11.7. The Morgan fingerprint density at radius 1 is 1.35 bits per heavy atom. The monoisotopic (exact) mass is 287 g/mol. The van der Waals surface area contributed by atoms with Gasteiger partial charge in [-0.25, -0.2) is 4.98 Å². The molecule has 0 amide bonds. The molecule has 3 nitrogen and oxygen atoms in total. The van der Waals surface area contributed by atoms with Gasteiger partial charge >= 0.3 is 6.18 Å². The van der Waals surface area contributed by atoms with E-state index < -0.39 is 12.1 Å². The number of halogens is 3. The molecule has 1 aromatic rings. The van der Waals surface area contributed by atoms with E-state index in [2.05, 4.69) is 10.3 Å². The van der Waals surface area contributed by atoms with Gasteiger partial charge in [-0.2, -0.15) is 13.2 Å². The van der Waals surface area contributed by atoms with Crippen LogP contribution in [0.15, 0.2) is 18.3 Å². The summed E-state index contributed by atoms with van der Waals surface area (Å²) in [6.07, 6.45) is -2.09. The molecule has 1 unspecified atom stereocenters. The number of hydrogen-bond acceptors (Lipinski definition) is 3. The van der Waals surface area contributed by atoms with Crippen LogP contribution in [0.25, 0.3) is 0 Å². The molecule has 1 aliphatic heterocycles. The Kier molecular flexibility index (Phi) is 4.52. The van der Waals surface area contributed by atoms with Crippen molar-refractivity contribution in [2.75, 3.05) is 25.0 Å². The molecule has 0 saturated carbocycles. The summed E-state index contributed by atoms with van der Waals surface area (Å²) in [5, 5.41) is 3.15. The molecule has 112 valence electrons. The van der Waals surface area contributed by atoms with E-state index in [0.717, 1.165) is 11.4 Å². The third kappa shape index (κ3) is 3.23. The van der Waals surface area contributed by atoms with E-state index in [4.69, 9.17) is 0 Å². The van der Waals surface area contributed by atoms with Crippen LogP contribution in [0.4, 0.5) is 19.0 Å². The van der Waals surface area contributed by atoms with E-state index in [1.165, 1.54) is 0 Å². The van der Waals surface area contributed by atoms with Crippen molar-refractivity contribution >= 4 is 5.82 Å². The third-order valence-corrected chi connectivity index (χ3v) is 3.97. The van der Waals surface area contributed by atoms with Crippen molar-refractivity contribution in [1.82, 2.24) is 10.3 Å². The van der Waals surface area contributed by atoms with Crippen molar-refractivity contribution < 1.29 is 13.2 Å². The van der Waals surface area contributed by atoms with Gasteiger partial charge in [-0.1, -0.05) is 6.07 Å². The zero-order chi connectivity index (χ0) is 14.8. The molecule has 6 heteroatoms. The van der Waals surface area contributed by atoms with Crippen LogP contribution in [-0.4, -0.2) is 31.3 Å². The number of hydrogen-bond donors (Lipinski definition) is 1. The molecular weight excluding hydrogens is 267 g/mol. The van der Waals surface area contributed by atoms with Crippen molar-refractivity contribution in [3.05, 3.63) is 23.9 Å². The molecule has 1 aliphatic rings. The number of anilines is 1. The first-order valence-electron chi connectivity index (χ1n) is 6.87. The Bertz CT molecular complexity index is 440. The molecule has 1 fully saturated rings. The van der Waals surface area contributed by atoms with Crippen molar-refractivity contribution in [1.29, 1.82) is 0 Å². The Labute approximate surface area is 117 Å². The summed E-state index contributed by atoms with van der Waals surface area (Å²) in [6.45, 7) is 2.83. The Hall–Kier alpha value is -1.30. The maximum absolute atomic E-state index is 12.7. The highest BCUT2D eigenvalue weighted by Crippen LogP contribution is 2.36. The maximum Gasteiger partial charge on any atom is 0.391 e. The number of rotatable bonds is 3.